The largest absolute Gasteiger partial charge is 0.457 e. The van der Waals surface area contributed by atoms with Gasteiger partial charge in [-0.25, -0.2) is 23.0 Å². The van der Waals surface area contributed by atoms with Gasteiger partial charge in [0.1, 0.15) is 29.0 Å². The number of hydrazone groups is 1. The number of anilines is 1. The van der Waals surface area contributed by atoms with Crippen LogP contribution in [-0.4, -0.2) is 23.3 Å². The van der Waals surface area contributed by atoms with Crippen molar-refractivity contribution in [3.8, 4) is 11.5 Å². The number of ether oxygens (including phenoxy) is 1. The highest BCUT2D eigenvalue weighted by Gasteiger charge is 2.34. The summed E-state index contributed by atoms with van der Waals surface area (Å²) in [5.74, 6) is -0.634. The molecule has 5 nitrogen and oxygen atoms in total. The van der Waals surface area contributed by atoms with Crippen LogP contribution in [0, 0.1) is 17.5 Å². The number of carbonyl (C=O) groups excluding carboxylic acids is 1. The van der Waals surface area contributed by atoms with E-state index < -0.39 is 11.8 Å². The van der Waals surface area contributed by atoms with Crippen LogP contribution in [0.25, 0.3) is 0 Å². The number of nitrogens with zero attached hydrogens (tertiary/aromatic N) is 2. The molecule has 1 heterocycles. The standard InChI is InChI=1S/C28H20F3N3O2/c29-19-7-5-18(6-8-19)25-17-34(28(35)32-22-13-9-20(30)10-14-22)33-27(25)24-3-1-2-4-26(24)36-23-15-11-21(31)12-16-23/h1-16,25H,17H2,(H,32,35). The molecule has 5 rings (SSSR count). The molecule has 36 heavy (non-hydrogen) atoms. The van der Waals surface area contributed by atoms with Gasteiger partial charge >= 0.3 is 6.03 Å². The molecule has 0 aromatic heterocycles. The van der Waals surface area contributed by atoms with Crippen LogP contribution in [0.2, 0.25) is 0 Å². The van der Waals surface area contributed by atoms with Crippen molar-refractivity contribution in [2.24, 2.45) is 5.10 Å². The summed E-state index contributed by atoms with van der Waals surface area (Å²) in [6.45, 7) is 0.193. The SMILES string of the molecule is O=C(Nc1ccc(F)cc1)N1CC(c2ccc(F)cc2)C(c2ccccc2Oc2ccc(F)cc2)=N1. The number of carbonyl (C=O) groups is 1. The Kier molecular flexibility index (Phi) is 6.40. The first-order chi connectivity index (χ1) is 17.5. The van der Waals surface area contributed by atoms with Gasteiger partial charge in [-0.3, -0.25) is 0 Å². The lowest BCUT2D eigenvalue weighted by atomic mass is 9.90. The van der Waals surface area contributed by atoms with Crippen molar-refractivity contribution in [3.05, 3.63) is 126 Å². The number of para-hydroxylation sites is 1. The number of amides is 2. The summed E-state index contributed by atoms with van der Waals surface area (Å²) in [4.78, 5) is 13.0. The van der Waals surface area contributed by atoms with Crippen LogP contribution >= 0.6 is 0 Å². The fourth-order valence-corrected chi connectivity index (χ4v) is 3.95. The van der Waals surface area contributed by atoms with Crippen LogP contribution in [0.15, 0.2) is 102 Å². The average molecular weight is 487 g/mol. The first-order valence-electron chi connectivity index (χ1n) is 11.2. The molecular weight excluding hydrogens is 467 g/mol. The van der Waals surface area contributed by atoms with E-state index in [1.807, 2.05) is 12.1 Å². The summed E-state index contributed by atoms with van der Waals surface area (Å²) >= 11 is 0. The van der Waals surface area contributed by atoms with Gasteiger partial charge in [0.25, 0.3) is 0 Å². The maximum Gasteiger partial charge on any atom is 0.342 e. The third-order valence-electron chi connectivity index (χ3n) is 5.72. The van der Waals surface area contributed by atoms with Crippen molar-refractivity contribution < 1.29 is 22.7 Å². The van der Waals surface area contributed by atoms with E-state index in [4.69, 9.17) is 4.74 Å². The van der Waals surface area contributed by atoms with E-state index in [-0.39, 0.29) is 24.1 Å². The minimum Gasteiger partial charge on any atom is -0.457 e. The molecule has 0 saturated heterocycles. The molecule has 2 amide bonds. The van der Waals surface area contributed by atoms with Crippen molar-refractivity contribution in [1.82, 2.24) is 5.01 Å². The molecule has 1 aliphatic rings. The van der Waals surface area contributed by atoms with Crippen LogP contribution in [0.4, 0.5) is 23.7 Å². The molecule has 0 radical (unpaired) electrons. The summed E-state index contributed by atoms with van der Waals surface area (Å²) < 4.78 is 46.2. The number of hydrogen-bond donors (Lipinski definition) is 1. The van der Waals surface area contributed by atoms with Gasteiger partial charge in [0.2, 0.25) is 0 Å². The lowest BCUT2D eigenvalue weighted by Crippen LogP contribution is -2.30. The molecule has 1 atom stereocenters. The summed E-state index contributed by atoms with van der Waals surface area (Å²) in [7, 11) is 0. The Labute approximate surface area is 205 Å². The van der Waals surface area contributed by atoms with Crippen molar-refractivity contribution >= 4 is 17.4 Å². The lowest BCUT2D eigenvalue weighted by molar-refractivity contribution is 0.218. The van der Waals surface area contributed by atoms with Gasteiger partial charge in [-0.1, -0.05) is 24.3 Å². The Hall–Kier alpha value is -4.59. The Morgan fingerprint density at radius 3 is 2.06 bits per heavy atom. The van der Waals surface area contributed by atoms with Gasteiger partial charge in [-0.05, 0) is 78.4 Å². The summed E-state index contributed by atoms with van der Waals surface area (Å²) in [6.07, 6.45) is 0. The fraction of sp³-hybridized carbons (Fsp3) is 0.0714. The second kappa shape index (κ2) is 9.95. The maximum absolute atomic E-state index is 13.6. The second-order valence-electron chi connectivity index (χ2n) is 8.16. The van der Waals surface area contributed by atoms with Crippen molar-refractivity contribution in [1.29, 1.82) is 0 Å². The Morgan fingerprint density at radius 2 is 1.39 bits per heavy atom. The van der Waals surface area contributed by atoms with E-state index in [1.54, 1.807) is 24.3 Å². The molecule has 0 fully saturated rings. The highest BCUT2D eigenvalue weighted by atomic mass is 19.1. The van der Waals surface area contributed by atoms with Gasteiger partial charge in [0.05, 0.1) is 12.3 Å². The van der Waals surface area contributed by atoms with E-state index in [2.05, 4.69) is 10.4 Å². The van der Waals surface area contributed by atoms with Crippen LogP contribution in [0.1, 0.15) is 17.0 Å². The Bertz CT molecular complexity index is 1410. The van der Waals surface area contributed by atoms with Crippen LogP contribution < -0.4 is 10.1 Å². The zero-order valence-corrected chi connectivity index (χ0v) is 18.9. The quantitative estimate of drug-likeness (QED) is 0.332. The highest BCUT2D eigenvalue weighted by Crippen LogP contribution is 2.35. The smallest absolute Gasteiger partial charge is 0.342 e. The molecule has 180 valence electrons. The summed E-state index contributed by atoms with van der Waals surface area (Å²) in [5, 5.41) is 8.59. The average Bonchev–Trinajstić information content (AvgIpc) is 3.33. The molecule has 1 unspecified atom stereocenters. The molecule has 8 heteroatoms. The second-order valence-corrected chi connectivity index (χ2v) is 8.16. The predicted octanol–water partition coefficient (Wildman–Crippen LogP) is 6.93. The third-order valence-corrected chi connectivity index (χ3v) is 5.72. The van der Waals surface area contributed by atoms with E-state index in [0.29, 0.717) is 28.5 Å². The zero-order chi connectivity index (χ0) is 25.1. The van der Waals surface area contributed by atoms with Crippen LogP contribution in [0.3, 0.4) is 0 Å². The van der Waals surface area contributed by atoms with Crippen molar-refractivity contribution in [2.45, 2.75) is 5.92 Å². The number of halogens is 3. The number of urea groups is 1. The molecule has 0 saturated carbocycles. The molecule has 1 N–H and O–H groups in total. The van der Waals surface area contributed by atoms with E-state index >= 15 is 0 Å². The van der Waals surface area contributed by atoms with Gasteiger partial charge < -0.3 is 10.1 Å². The number of benzene rings is 4. The first kappa shape index (κ1) is 23.2. The van der Waals surface area contributed by atoms with E-state index in [9.17, 15) is 18.0 Å². The third kappa shape index (κ3) is 5.07. The first-order valence-corrected chi connectivity index (χ1v) is 11.2. The maximum atomic E-state index is 13.6. The van der Waals surface area contributed by atoms with Gasteiger partial charge in [-0.15, -0.1) is 0 Å². The minimum absolute atomic E-state index is 0.193. The van der Waals surface area contributed by atoms with Gasteiger partial charge in [0.15, 0.2) is 0 Å². The van der Waals surface area contributed by atoms with E-state index in [1.165, 1.54) is 65.7 Å². The zero-order valence-electron chi connectivity index (χ0n) is 18.9. The molecule has 0 spiro atoms. The Morgan fingerprint density at radius 1 is 0.806 bits per heavy atom. The molecule has 4 aromatic carbocycles. The lowest BCUT2D eigenvalue weighted by Gasteiger charge is -2.17. The minimum atomic E-state index is -0.499. The molecular formula is C28H20F3N3O2. The molecule has 4 aromatic rings. The normalized spacial score (nSPS) is 14.9. The molecule has 1 aliphatic heterocycles. The number of nitrogens with one attached hydrogen (secondary N) is 1. The van der Waals surface area contributed by atoms with Crippen molar-refractivity contribution in [2.75, 3.05) is 11.9 Å². The van der Waals surface area contributed by atoms with Crippen LogP contribution in [0.5, 0.6) is 11.5 Å². The fourth-order valence-electron chi connectivity index (χ4n) is 3.95. The number of rotatable bonds is 5. The van der Waals surface area contributed by atoms with E-state index in [0.717, 1.165) is 5.56 Å². The van der Waals surface area contributed by atoms with Gasteiger partial charge in [0, 0.05) is 17.2 Å². The van der Waals surface area contributed by atoms with Crippen molar-refractivity contribution in [3.63, 3.8) is 0 Å². The van der Waals surface area contributed by atoms with Crippen LogP contribution in [-0.2, 0) is 0 Å². The monoisotopic (exact) mass is 487 g/mol. The number of hydrogen-bond acceptors (Lipinski definition) is 3. The molecule has 0 aliphatic carbocycles. The predicted molar refractivity (Wildman–Crippen MR) is 131 cm³/mol. The summed E-state index contributed by atoms with van der Waals surface area (Å²) in [6, 6.07) is 23.7. The van der Waals surface area contributed by atoms with Gasteiger partial charge in [-0.2, -0.15) is 5.10 Å². The topological polar surface area (TPSA) is 53.9 Å². The Balaban J connectivity index is 1.49. The molecule has 0 bridgehead atoms. The highest BCUT2D eigenvalue weighted by molar-refractivity contribution is 6.09. The summed E-state index contributed by atoms with van der Waals surface area (Å²) in [5.41, 5.74) is 2.37.